The predicted molar refractivity (Wildman–Crippen MR) is 61.3 cm³/mol. The van der Waals surface area contributed by atoms with E-state index >= 15 is 0 Å². The van der Waals surface area contributed by atoms with Crippen molar-refractivity contribution in [2.24, 2.45) is 11.8 Å². The first-order valence-electron chi connectivity index (χ1n) is 6.32. The molecule has 0 bridgehead atoms. The molecular weight excluding hydrogens is 184 g/mol. The summed E-state index contributed by atoms with van der Waals surface area (Å²) in [7, 11) is 0. The zero-order valence-corrected chi connectivity index (χ0v) is 10.00. The maximum atomic E-state index is 9.55. The highest BCUT2D eigenvalue weighted by Crippen LogP contribution is 2.40. The van der Waals surface area contributed by atoms with Gasteiger partial charge in [-0.05, 0) is 57.0 Å². The Labute approximate surface area is 93.3 Å². The van der Waals surface area contributed by atoms with Gasteiger partial charge in [-0.15, -0.1) is 0 Å². The zero-order valence-electron chi connectivity index (χ0n) is 10.00. The van der Waals surface area contributed by atoms with Gasteiger partial charge in [-0.2, -0.15) is 5.26 Å². The van der Waals surface area contributed by atoms with Crippen LogP contribution in [0, 0.1) is 23.2 Å². The molecule has 0 aromatic carbocycles. The Morgan fingerprint density at radius 2 is 1.67 bits per heavy atom. The van der Waals surface area contributed by atoms with E-state index in [2.05, 4.69) is 24.8 Å². The van der Waals surface area contributed by atoms with Crippen LogP contribution in [0.5, 0.6) is 0 Å². The molecule has 1 heterocycles. The molecule has 2 atom stereocenters. The first kappa shape index (κ1) is 11.0. The Balaban J connectivity index is 2.16. The van der Waals surface area contributed by atoms with Crippen molar-refractivity contribution in [3.05, 3.63) is 0 Å². The summed E-state index contributed by atoms with van der Waals surface area (Å²) >= 11 is 0. The second kappa shape index (κ2) is 4.14. The fourth-order valence-corrected chi connectivity index (χ4v) is 3.66. The van der Waals surface area contributed by atoms with Crippen LogP contribution in [0.4, 0.5) is 0 Å². The molecule has 0 spiro atoms. The van der Waals surface area contributed by atoms with Crippen molar-refractivity contribution in [3.63, 3.8) is 0 Å². The quantitative estimate of drug-likeness (QED) is 0.659. The van der Waals surface area contributed by atoms with E-state index in [1.165, 1.54) is 19.3 Å². The number of nitriles is 1. The van der Waals surface area contributed by atoms with Gasteiger partial charge in [-0.25, -0.2) is 0 Å². The second-order valence-electron chi connectivity index (χ2n) is 5.69. The van der Waals surface area contributed by atoms with Crippen LogP contribution in [0.1, 0.15) is 46.0 Å². The Morgan fingerprint density at radius 1 is 1.13 bits per heavy atom. The fraction of sp³-hybridized carbons (Fsp3) is 0.923. The SMILES string of the molecule is CC1CC(C)CC(C#N)(N2CCCC2)C1. The number of hydrogen-bond donors (Lipinski definition) is 0. The first-order chi connectivity index (χ1) is 7.16. The molecule has 0 radical (unpaired) electrons. The molecule has 1 saturated carbocycles. The van der Waals surface area contributed by atoms with Crippen molar-refractivity contribution < 1.29 is 0 Å². The summed E-state index contributed by atoms with van der Waals surface area (Å²) in [6.45, 7) is 6.90. The van der Waals surface area contributed by atoms with E-state index in [9.17, 15) is 5.26 Å². The summed E-state index contributed by atoms with van der Waals surface area (Å²) in [6, 6.07) is 2.65. The molecule has 1 saturated heterocycles. The molecule has 1 aliphatic carbocycles. The Bertz CT molecular complexity index is 250. The highest BCUT2D eigenvalue weighted by molar-refractivity contribution is 5.12. The summed E-state index contributed by atoms with van der Waals surface area (Å²) in [5.74, 6) is 1.43. The van der Waals surface area contributed by atoms with Crippen LogP contribution in [0.3, 0.4) is 0 Å². The third-order valence-corrected chi connectivity index (χ3v) is 4.10. The lowest BCUT2D eigenvalue weighted by molar-refractivity contribution is 0.0760. The molecule has 2 nitrogen and oxygen atoms in total. The standard InChI is InChI=1S/C13H22N2/c1-11-7-12(2)9-13(8-11,10-14)15-5-3-4-6-15/h11-12H,3-9H2,1-2H3. The molecule has 2 fully saturated rings. The van der Waals surface area contributed by atoms with E-state index < -0.39 is 0 Å². The molecule has 0 aromatic rings. The van der Waals surface area contributed by atoms with Crippen molar-refractivity contribution in [1.82, 2.24) is 4.90 Å². The van der Waals surface area contributed by atoms with Gasteiger partial charge in [-0.3, -0.25) is 4.90 Å². The number of hydrogen-bond acceptors (Lipinski definition) is 2. The van der Waals surface area contributed by atoms with E-state index in [1.54, 1.807) is 0 Å². The van der Waals surface area contributed by atoms with E-state index in [1.807, 2.05) is 0 Å². The summed E-state index contributed by atoms with van der Waals surface area (Å²) in [5, 5.41) is 9.55. The third kappa shape index (κ3) is 2.03. The Kier molecular flexibility index (Phi) is 3.02. The summed E-state index contributed by atoms with van der Waals surface area (Å²) in [4.78, 5) is 2.46. The topological polar surface area (TPSA) is 27.0 Å². The minimum absolute atomic E-state index is 0.117. The van der Waals surface area contributed by atoms with Gasteiger partial charge >= 0.3 is 0 Å². The van der Waals surface area contributed by atoms with Gasteiger partial charge < -0.3 is 0 Å². The van der Waals surface area contributed by atoms with Crippen molar-refractivity contribution >= 4 is 0 Å². The zero-order chi connectivity index (χ0) is 10.9. The van der Waals surface area contributed by atoms with Crippen LogP contribution in [-0.4, -0.2) is 23.5 Å². The summed E-state index contributed by atoms with van der Waals surface area (Å²) < 4.78 is 0. The van der Waals surface area contributed by atoms with Crippen LogP contribution in [0.15, 0.2) is 0 Å². The molecule has 2 rings (SSSR count). The molecule has 1 aliphatic heterocycles. The smallest absolute Gasteiger partial charge is 0.109 e. The molecule has 84 valence electrons. The largest absolute Gasteiger partial charge is 0.286 e. The van der Waals surface area contributed by atoms with E-state index in [0.29, 0.717) is 11.8 Å². The highest BCUT2D eigenvalue weighted by atomic mass is 15.2. The predicted octanol–water partition coefficient (Wildman–Crippen LogP) is 2.80. The van der Waals surface area contributed by atoms with E-state index in [0.717, 1.165) is 25.9 Å². The van der Waals surface area contributed by atoms with Crippen LogP contribution in [0.2, 0.25) is 0 Å². The molecule has 15 heavy (non-hydrogen) atoms. The normalized spacial score (nSPS) is 42.7. The maximum Gasteiger partial charge on any atom is 0.109 e. The lowest BCUT2D eigenvalue weighted by Crippen LogP contribution is -2.50. The van der Waals surface area contributed by atoms with Crippen molar-refractivity contribution in [2.75, 3.05) is 13.1 Å². The Morgan fingerprint density at radius 3 is 2.13 bits per heavy atom. The summed E-state index contributed by atoms with van der Waals surface area (Å²) in [5.41, 5.74) is -0.117. The average molecular weight is 206 g/mol. The lowest BCUT2D eigenvalue weighted by atomic mass is 9.71. The van der Waals surface area contributed by atoms with E-state index in [4.69, 9.17) is 0 Å². The lowest BCUT2D eigenvalue weighted by Gasteiger charge is -2.43. The maximum absolute atomic E-state index is 9.55. The van der Waals surface area contributed by atoms with Gasteiger partial charge in [0.15, 0.2) is 0 Å². The monoisotopic (exact) mass is 206 g/mol. The van der Waals surface area contributed by atoms with Crippen molar-refractivity contribution in [2.45, 2.75) is 51.5 Å². The third-order valence-electron chi connectivity index (χ3n) is 4.10. The molecule has 0 N–H and O–H groups in total. The number of likely N-dealkylation sites (tertiary alicyclic amines) is 1. The van der Waals surface area contributed by atoms with Crippen LogP contribution >= 0.6 is 0 Å². The van der Waals surface area contributed by atoms with Gasteiger partial charge in [0, 0.05) is 0 Å². The molecule has 0 amide bonds. The number of nitrogens with zero attached hydrogens (tertiary/aromatic N) is 2. The molecule has 2 unspecified atom stereocenters. The average Bonchev–Trinajstić information content (AvgIpc) is 2.69. The van der Waals surface area contributed by atoms with Gasteiger partial charge in [0.1, 0.15) is 5.54 Å². The Hall–Kier alpha value is -0.550. The minimum atomic E-state index is -0.117. The van der Waals surface area contributed by atoms with Gasteiger partial charge in [-0.1, -0.05) is 13.8 Å². The summed E-state index contributed by atoms with van der Waals surface area (Å²) in [6.07, 6.45) is 6.05. The van der Waals surface area contributed by atoms with E-state index in [-0.39, 0.29) is 5.54 Å². The van der Waals surface area contributed by atoms with Crippen LogP contribution < -0.4 is 0 Å². The first-order valence-corrected chi connectivity index (χ1v) is 6.32. The van der Waals surface area contributed by atoms with Crippen LogP contribution in [0.25, 0.3) is 0 Å². The molecule has 2 heteroatoms. The van der Waals surface area contributed by atoms with Gasteiger partial charge in [0.05, 0.1) is 6.07 Å². The van der Waals surface area contributed by atoms with Crippen molar-refractivity contribution in [1.29, 1.82) is 5.26 Å². The highest BCUT2D eigenvalue weighted by Gasteiger charge is 2.43. The van der Waals surface area contributed by atoms with Crippen molar-refractivity contribution in [3.8, 4) is 6.07 Å². The molecule has 2 aliphatic rings. The van der Waals surface area contributed by atoms with Crippen LogP contribution in [-0.2, 0) is 0 Å². The molecule has 0 aromatic heterocycles. The van der Waals surface area contributed by atoms with Gasteiger partial charge in [0.25, 0.3) is 0 Å². The minimum Gasteiger partial charge on any atom is -0.286 e. The van der Waals surface area contributed by atoms with Gasteiger partial charge in [0.2, 0.25) is 0 Å². The fourth-order valence-electron chi connectivity index (χ4n) is 3.66. The molecular formula is C13H22N2. The second-order valence-corrected chi connectivity index (χ2v) is 5.69. The number of rotatable bonds is 1.